The lowest BCUT2D eigenvalue weighted by molar-refractivity contribution is 0.388. The lowest BCUT2D eigenvalue weighted by Crippen LogP contribution is -2.13. The van der Waals surface area contributed by atoms with Crippen molar-refractivity contribution in [2.24, 2.45) is 0 Å². The molecule has 2 N–H and O–H groups in total. The molecule has 0 atom stereocenters. The van der Waals surface area contributed by atoms with Crippen LogP contribution in [-0.4, -0.2) is 23.5 Å². The number of rotatable bonds is 4. The predicted molar refractivity (Wildman–Crippen MR) is 82.3 cm³/mol. The number of nitrogens with zero attached hydrogens (tertiary/aromatic N) is 2. The minimum Gasteiger partial charge on any atom is -0.296 e. The second-order valence-electron chi connectivity index (χ2n) is 4.79. The highest BCUT2D eigenvalue weighted by Gasteiger charge is 2.15. The highest BCUT2D eigenvalue weighted by molar-refractivity contribution is 7.92. The Hall–Kier alpha value is -2.94. The van der Waals surface area contributed by atoms with Crippen molar-refractivity contribution in [1.29, 1.82) is 0 Å². The topological polar surface area (TPSA) is 118 Å². The van der Waals surface area contributed by atoms with Crippen LogP contribution >= 0.6 is 0 Å². The van der Waals surface area contributed by atoms with Gasteiger partial charge in [-0.05, 0) is 31.2 Å². The van der Waals surface area contributed by atoms with Crippen molar-refractivity contribution in [2.75, 3.05) is 4.72 Å². The molecule has 0 aliphatic rings. The first-order valence-electron chi connectivity index (χ1n) is 6.56. The maximum atomic E-state index is 12.3. The van der Waals surface area contributed by atoms with Gasteiger partial charge in [0.25, 0.3) is 10.0 Å². The van der Waals surface area contributed by atoms with Crippen molar-refractivity contribution in [3.05, 3.63) is 58.7 Å². The number of benzene rings is 1. The van der Waals surface area contributed by atoms with Crippen LogP contribution in [-0.2, 0) is 10.0 Å². The van der Waals surface area contributed by atoms with E-state index in [-0.39, 0.29) is 16.5 Å². The molecular formula is C14H12N4O4S. The number of H-pyrrole nitrogens is 1. The summed E-state index contributed by atoms with van der Waals surface area (Å²) in [6.45, 7) is 1.87. The third-order valence-electron chi connectivity index (χ3n) is 3.04. The van der Waals surface area contributed by atoms with Gasteiger partial charge in [-0.25, -0.2) is 18.2 Å². The number of aromatic nitrogens is 3. The molecule has 2 aromatic heterocycles. The summed E-state index contributed by atoms with van der Waals surface area (Å²) in [5.74, 6) is -0.404. The first kappa shape index (κ1) is 15.0. The zero-order valence-corrected chi connectivity index (χ0v) is 12.8. The molecular weight excluding hydrogens is 320 g/mol. The smallest absolute Gasteiger partial charge is 0.296 e. The lowest BCUT2D eigenvalue weighted by atomic mass is 10.2. The van der Waals surface area contributed by atoms with Gasteiger partial charge in [-0.1, -0.05) is 22.9 Å². The molecule has 3 aromatic rings. The monoisotopic (exact) mass is 332 g/mol. The molecule has 9 heteroatoms. The summed E-state index contributed by atoms with van der Waals surface area (Å²) in [5.41, 5.74) is 1.42. The molecule has 0 aliphatic carbocycles. The average molecular weight is 332 g/mol. The van der Waals surface area contributed by atoms with E-state index in [4.69, 9.17) is 0 Å². The van der Waals surface area contributed by atoms with Gasteiger partial charge in [-0.15, -0.1) is 0 Å². The second kappa shape index (κ2) is 5.69. The molecule has 23 heavy (non-hydrogen) atoms. The zero-order chi connectivity index (χ0) is 16.4. The summed E-state index contributed by atoms with van der Waals surface area (Å²) in [5, 5.41) is 3.54. The number of nitrogens with one attached hydrogen (secondary N) is 2. The van der Waals surface area contributed by atoms with Gasteiger partial charge in [0.15, 0.2) is 5.82 Å². The van der Waals surface area contributed by atoms with Crippen molar-refractivity contribution in [3.8, 4) is 11.4 Å². The maximum Gasteiger partial charge on any atom is 0.439 e. The highest BCUT2D eigenvalue weighted by atomic mass is 32.2. The first-order valence-corrected chi connectivity index (χ1v) is 8.04. The molecule has 0 bridgehead atoms. The van der Waals surface area contributed by atoms with Crippen molar-refractivity contribution in [3.63, 3.8) is 0 Å². The van der Waals surface area contributed by atoms with Crippen molar-refractivity contribution in [1.82, 2.24) is 15.1 Å². The number of anilines is 1. The second-order valence-corrected chi connectivity index (χ2v) is 6.47. The third kappa shape index (κ3) is 3.29. The number of aromatic amines is 1. The quantitative estimate of drug-likeness (QED) is 0.748. The van der Waals surface area contributed by atoms with Crippen molar-refractivity contribution < 1.29 is 12.9 Å². The predicted octanol–water partition coefficient (Wildman–Crippen LogP) is 1.53. The summed E-state index contributed by atoms with van der Waals surface area (Å²) in [6, 6.07) is 9.45. The average Bonchev–Trinajstić information content (AvgIpc) is 2.94. The van der Waals surface area contributed by atoms with E-state index in [1.165, 1.54) is 24.4 Å². The van der Waals surface area contributed by atoms with Gasteiger partial charge in [0, 0.05) is 11.8 Å². The maximum absolute atomic E-state index is 12.3. The van der Waals surface area contributed by atoms with Gasteiger partial charge < -0.3 is 0 Å². The van der Waals surface area contributed by atoms with E-state index >= 15 is 0 Å². The fourth-order valence-electron chi connectivity index (χ4n) is 1.90. The Bertz CT molecular complexity index is 990. The molecule has 0 spiro atoms. The number of hydrogen-bond donors (Lipinski definition) is 2. The highest BCUT2D eigenvalue weighted by Crippen LogP contribution is 2.19. The van der Waals surface area contributed by atoms with Crippen molar-refractivity contribution >= 4 is 15.8 Å². The molecule has 1 aromatic carbocycles. The molecule has 8 nitrogen and oxygen atoms in total. The van der Waals surface area contributed by atoms with Gasteiger partial charge in [0.2, 0.25) is 0 Å². The number of sulfonamides is 1. The first-order chi connectivity index (χ1) is 10.9. The molecule has 0 saturated heterocycles. The Balaban J connectivity index is 1.91. The van der Waals surface area contributed by atoms with Crippen LogP contribution < -0.4 is 10.5 Å². The molecule has 0 fully saturated rings. The van der Waals surface area contributed by atoms with E-state index in [1.807, 2.05) is 6.92 Å². The van der Waals surface area contributed by atoms with Gasteiger partial charge in [0.05, 0.1) is 4.90 Å². The van der Waals surface area contributed by atoms with Crippen LogP contribution in [0, 0.1) is 6.92 Å². The molecule has 0 unspecified atom stereocenters. The largest absolute Gasteiger partial charge is 0.439 e. The summed E-state index contributed by atoms with van der Waals surface area (Å²) >= 11 is 0. The van der Waals surface area contributed by atoms with Crippen molar-refractivity contribution in [2.45, 2.75) is 11.8 Å². The zero-order valence-electron chi connectivity index (χ0n) is 12.0. The summed E-state index contributed by atoms with van der Waals surface area (Å²) in [4.78, 5) is 17.4. The Morgan fingerprint density at radius 2 is 1.91 bits per heavy atom. The molecule has 0 saturated carbocycles. The number of pyridine rings is 1. The number of hydrogen-bond acceptors (Lipinski definition) is 6. The molecule has 0 amide bonds. The molecule has 118 valence electrons. The van der Waals surface area contributed by atoms with E-state index in [2.05, 4.69) is 24.4 Å². The van der Waals surface area contributed by atoms with E-state index in [9.17, 15) is 13.2 Å². The normalized spacial score (nSPS) is 11.3. The standard InChI is InChI=1S/C14H12N4O4S/c1-9-2-4-11(5-3-9)23(20,21)18-12-8-10(6-7-15-12)13-16-14(19)22-17-13/h2-8H,1H3,(H,15,18)(H,16,17,19). The molecule has 3 rings (SSSR count). The van der Waals surface area contributed by atoms with E-state index in [0.717, 1.165) is 5.56 Å². The molecule has 2 heterocycles. The van der Waals surface area contributed by atoms with Crippen LogP contribution in [0.5, 0.6) is 0 Å². The van der Waals surface area contributed by atoms with Gasteiger partial charge in [-0.2, -0.15) is 0 Å². The van der Waals surface area contributed by atoms with Crippen LogP contribution in [0.15, 0.2) is 56.8 Å². The van der Waals surface area contributed by atoms with Gasteiger partial charge in [-0.3, -0.25) is 14.2 Å². The van der Waals surface area contributed by atoms with E-state index in [0.29, 0.717) is 5.56 Å². The van der Waals surface area contributed by atoms with E-state index < -0.39 is 15.8 Å². The Labute approximate surface area is 131 Å². The lowest BCUT2D eigenvalue weighted by Gasteiger charge is -2.08. The van der Waals surface area contributed by atoms with Gasteiger partial charge in [0.1, 0.15) is 5.82 Å². The summed E-state index contributed by atoms with van der Waals surface area (Å²) in [6.07, 6.45) is 1.40. The fourth-order valence-corrected chi connectivity index (χ4v) is 2.90. The molecule has 0 radical (unpaired) electrons. The third-order valence-corrected chi connectivity index (χ3v) is 4.41. The Morgan fingerprint density at radius 3 is 2.57 bits per heavy atom. The minimum atomic E-state index is -3.75. The Kier molecular flexibility index (Phi) is 3.70. The van der Waals surface area contributed by atoms with Crippen LogP contribution in [0.2, 0.25) is 0 Å². The summed E-state index contributed by atoms with van der Waals surface area (Å²) < 4.78 is 31.4. The minimum absolute atomic E-state index is 0.104. The SMILES string of the molecule is Cc1ccc(S(=O)(=O)Nc2cc(-c3noc(=O)[nH]3)ccn2)cc1. The van der Waals surface area contributed by atoms with E-state index in [1.54, 1.807) is 18.2 Å². The number of aryl methyl sites for hydroxylation is 1. The fraction of sp³-hybridized carbons (Fsp3) is 0.0714. The van der Waals surface area contributed by atoms with Gasteiger partial charge >= 0.3 is 5.76 Å². The van der Waals surface area contributed by atoms with Crippen LogP contribution in [0.3, 0.4) is 0 Å². The summed E-state index contributed by atoms with van der Waals surface area (Å²) in [7, 11) is -3.75. The van der Waals surface area contributed by atoms with Crippen LogP contribution in [0.1, 0.15) is 5.56 Å². The van der Waals surface area contributed by atoms with Crippen LogP contribution in [0.25, 0.3) is 11.4 Å². The van der Waals surface area contributed by atoms with Crippen LogP contribution in [0.4, 0.5) is 5.82 Å². The Morgan fingerprint density at radius 1 is 1.17 bits per heavy atom. The molecule has 0 aliphatic heterocycles.